The smallest absolute Gasteiger partial charge is 0.338 e. The van der Waals surface area contributed by atoms with Gasteiger partial charge in [-0.2, -0.15) is 0 Å². The molecule has 0 aromatic carbocycles. The van der Waals surface area contributed by atoms with Gasteiger partial charge in [-0.05, 0) is 21.0 Å². The second kappa shape index (κ2) is 2.80. The summed E-state index contributed by atoms with van der Waals surface area (Å²) in [6.45, 7) is 1.55. The maximum Gasteiger partial charge on any atom is 0.338 e. The van der Waals surface area contributed by atoms with Gasteiger partial charge in [0, 0.05) is 0 Å². The number of carboxylic acid groups (broad SMARTS) is 1. The van der Waals surface area contributed by atoms with E-state index in [0.717, 1.165) is 0 Å². The average molecular weight is 132 g/mol. The molecule has 0 spiro atoms. The maximum absolute atomic E-state index is 10.4. The molecule has 0 aliphatic carbocycles. The van der Waals surface area contributed by atoms with Crippen molar-refractivity contribution in [2.24, 2.45) is 0 Å². The van der Waals surface area contributed by atoms with Crippen molar-refractivity contribution in [1.82, 2.24) is 10.6 Å². The Kier molecular flexibility index (Phi) is 2.61. The van der Waals surface area contributed by atoms with Gasteiger partial charge in [-0.3, -0.25) is 10.6 Å². The third-order valence-electron chi connectivity index (χ3n) is 1.43. The summed E-state index contributed by atoms with van der Waals surface area (Å²) in [6.07, 6.45) is 0. The van der Waals surface area contributed by atoms with Crippen LogP contribution < -0.4 is 10.6 Å². The van der Waals surface area contributed by atoms with Crippen LogP contribution in [-0.2, 0) is 4.79 Å². The average Bonchev–Trinajstić information content (AvgIpc) is 1.86. The van der Waals surface area contributed by atoms with Crippen LogP contribution in [0.3, 0.4) is 0 Å². The van der Waals surface area contributed by atoms with E-state index < -0.39 is 11.6 Å². The minimum atomic E-state index is -1.00. The second-order valence-corrected chi connectivity index (χ2v) is 1.93. The van der Waals surface area contributed by atoms with E-state index >= 15 is 0 Å². The largest absolute Gasteiger partial charge is 0.479 e. The quantitative estimate of drug-likeness (QED) is 0.441. The lowest BCUT2D eigenvalue weighted by atomic mass is 10.2. The molecule has 0 amide bonds. The van der Waals surface area contributed by atoms with Crippen molar-refractivity contribution >= 4 is 5.97 Å². The van der Waals surface area contributed by atoms with Crippen molar-refractivity contribution in [3.05, 3.63) is 0 Å². The van der Waals surface area contributed by atoms with Gasteiger partial charge in [0.1, 0.15) is 0 Å². The fourth-order valence-electron chi connectivity index (χ4n) is 0.339. The topological polar surface area (TPSA) is 61.4 Å². The molecule has 3 N–H and O–H groups in total. The Morgan fingerprint density at radius 1 is 1.44 bits per heavy atom. The van der Waals surface area contributed by atoms with Crippen molar-refractivity contribution in [2.75, 3.05) is 14.1 Å². The summed E-state index contributed by atoms with van der Waals surface area (Å²) in [5, 5.41) is 13.7. The van der Waals surface area contributed by atoms with E-state index in [1.165, 1.54) is 0 Å². The zero-order chi connectivity index (χ0) is 7.49. The fourth-order valence-corrected chi connectivity index (χ4v) is 0.339. The summed E-state index contributed by atoms with van der Waals surface area (Å²) in [7, 11) is 3.18. The highest BCUT2D eigenvalue weighted by atomic mass is 16.4. The van der Waals surface area contributed by atoms with Crippen molar-refractivity contribution < 1.29 is 9.90 Å². The first-order chi connectivity index (χ1) is 4.06. The molecule has 0 aromatic rings. The highest BCUT2D eigenvalue weighted by Crippen LogP contribution is 1.94. The molecule has 0 atom stereocenters. The van der Waals surface area contributed by atoms with Gasteiger partial charge in [0.05, 0.1) is 0 Å². The fraction of sp³-hybridized carbons (Fsp3) is 0.800. The number of carbonyl (C=O) groups is 1. The monoisotopic (exact) mass is 132 g/mol. The third kappa shape index (κ3) is 1.65. The molecule has 0 fully saturated rings. The molecule has 0 aromatic heterocycles. The Bertz CT molecular complexity index is 110. The molecule has 4 nitrogen and oxygen atoms in total. The van der Waals surface area contributed by atoms with E-state index in [2.05, 4.69) is 10.6 Å². The van der Waals surface area contributed by atoms with Crippen LogP contribution in [0, 0.1) is 0 Å². The number of likely N-dealkylation sites (N-methyl/N-ethyl adjacent to an activating group) is 2. The van der Waals surface area contributed by atoms with Gasteiger partial charge in [0.25, 0.3) is 0 Å². The molecule has 0 aliphatic heterocycles. The van der Waals surface area contributed by atoms with Gasteiger partial charge in [0.15, 0.2) is 5.66 Å². The lowest BCUT2D eigenvalue weighted by molar-refractivity contribution is -0.145. The van der Waals surface area contributed by atoms with Crippen LogP contribution in [0.4, 0.5) is 0 Å². The summed E-state index contributed by atoms with van der Waals surface area (Å²) in [4.78, 5) is 10.4. The molecule has 0 bridgehead atoms. The summed E-state index contributed by atoms with van der Waals surface area (Å²) in [5.74, 6) is -0.910. The highest BCUT2D eigenvalue weighted by Gasteiger charge is 2.27. The van der Waals surface area contributed by atoms with Gasteiger partial charge in [0.2, 0.25) is 0 Å². The third-order valence-corrected chi connectivity index (χ3v) is 1.43. The summed E-state index contributed by atoms with van der Waals surface area (Å²) in [6, 6.07) is 0. The van der Waals surface area contributed by atoms with Crippen molar-refractivity contribution in [3.8, 4) is 0 Å². The van der Waals surface area contributed by atoms with E-state index in [9.17, 15) is 4.79 Å². The Hall–Kier alpha value is -0.610. The Morgan fingerprint density at radius 3 is 1.78 bits per heavy atom. The molecular formula is C5H12N2O2. The first-order valence-electron chi connectivity index (χ1n) is 2.68. The number of hydrogen-bond donors (Lipinski definition) is 3. The van der Waals surface area contributed by atoms with Crippen LogP contribution in [-0.4, -0.2) is 30.8 Å². The molecule has 9 heavy (non-hydrogen) atoms. The van der Waals surface area contributed by atoms with Gasteiger partial charge in [-0.15, -0.1) is 0 Å². The van der Waals surface area contributed by atoms with Crippen LogP contribution in [0.15, 0.2) is 0 Å². The lowest BCUT2D eigenvalue weighted by Crippen LogP contribution is -2.57. The molecule has 0 radical (unpaired) electrons. The minimum Gasteiger partial charge on any atom is -0.479 e. The van der Waals surface area contributed by atoms with Gasteiger partial charge >= 0.3 is 5.97 Å². The van der Waals surface area contributed by atoms with E-state index in [-0.39, 0.29) is 0 Å². The molecule has 4 heteroatoms. The zero-order valence-corrected chi connectivity index (χ0v) is 5.86. The molecule has 54 valence electrons. The number of rotatable bonds is 3. The number of aliphatic carboxylic acids is 1. The second-order valence-electron chi connectivity index (χ2n) is 1.93. The first kappa shape index (κ1) is 8.39. The molecule has 0 rings (SSSR count). The highest BCUT2D eigenvalue weighted by molar-refractivity contribution is 5.77. The Labute approximate surface area is 54.3 Å². The number of nitrogens with one attached hydrogen (secondary N) is 2. The summed E-state index contributed by atoms with van der Waals surface area (Å²) in [5.41, 5.74) is -1.00. The van der Waals surface area contributed by atoms with Crippen LogP contribution >= 0.6 is 0 Å². The predicted molar refractivity (Wildman–Crippen MR) is 34.2 cm³/mol. The first-order valence-corrected chi connectivity index (χ1v) is 2.68. The SMILES string of the molecule is CNC(C)(NC)C(=O)O. The van der Waals surface area contributed by atoms with Gasteiger partial charge < -0.3 is 5.11 Å². The van der Waals surface area contributed by atoms with Crippen LogP contribution in [0.2, 0.25) is 0 Å². The van der Waals surface area contributed by atoms with E-state index in [4.69, 9.17) is 5.11 Å². The van der Waals surface area contributed by atoms with Crippen LogP contribution in [0.5, 0.6) is 0 Å². The molecule has 0 saturated carbocycles. The summed E-state index contributed by atoms with van der Waals surface area (Å²) < 4.78 is 0. The molecule has 0 aliphatic rings. The van der Waals surface area contributed by atoms with Crippen molar-refractivity contribution in [2.45, 2.75) is 12.6 Å². The predicted octanol–water partition coefficient (Wildman–Crippen LogP) is -0.774. The maximum atomic E-state index is 10.4. The Balaban J connectivity index is 4.09. The van der Waals surface area contributed by atoms with Crippen LogP contribution in [0.1, 0.15) is 6.92 Å². The number of carboxylic acids is 1. The van der Waals surface area contributed by atoms with E-state index in [1.54, 1.807) is 21.0 Å². The molecule has 0 saturated heterocycles. The van der Waals surface area contributed by atoms with Crippen molar-refractivity contribution in [3.63, 3.8) is 0 Å². The minimum absolute atomic E-state index is 0.910. The van der Waals surface area contributed by atoms with Gasteiger partial charge in [-0.1, -0.05) is 0 Å². The standard InChI is InChI=1S/C5H12N2O2/c1-5(6-2,7-3)4(8)9/h6-7H,1-3H3,(H,8,9). The molecule has 0 unspecified atom stereocenters. The van der Waals surface area contributed by atoms with E-state index in [1.807, 2.05) is 0 Å². The summed E-state index contributed by atoms with van der Waals surface area (Å²) >= 11 is 0. The van der Waals surface area contributed by atoms with Gasteiger partial charge in [-0.25, -0.2) is 4.79 Å². The molecule has 0 heterocycles. The molecular weight excluding hydrogens is 120 g/mol. The zero-order valence-electron chi connectivity index (χ0n) is 5.86. The lowest BCUT2D eigenvalue weighted by Gasteiger charge is -2.22. The normalized spacial score (nSPS) is 11.4. The Morgan fingerprint density at radius 2 is 1.78 bits per heavy atom. The number of hydrogen-bond acceptors (Lipinski definition) is 3. The van der Waals surface area contributed by atoms with E-state index in [0.29, 0.717) is 0 Å². The van der Waals surface area contributed by atoms with Crippen LogP contribution in [0.25, 0.3) is 0 Å². The van der Waals surface area contributed by atoms with Crippen molar-refractivity contribution in [1.29, 1.82) is 0 Å².